The van der Waals surface area contributed by atoms with Gasteiger partial charge in [-0.15, -0.1) is 11.3 Å². The van der Waals surface area contributed by atoms with E-state index in [1.54, 1.807) is 0 Å². The van der Waals surface area contributed by atoms with Crippen molar-refractivity contribution in [3.05, 3.63) is 21.4 Å². The molecule has 100 valence electrons. The molecule has 2 amide bonds. The molecule has 5 heteroatoms. The van der Waals surface area contributed by atoms with Gasteiger partial charge in [0.05, 0.1) is 4.88 Å². The van der Waals surface area contributed by atoms with Crippen LogP contribution in [0.15, 0.2) is 6.07 Å². The third-order valence-corrected chi connectivity index (χ3v) is 4.02. The second kappa shape index (κ2) is 7.16. The quantitative estimate of drug-likeness (QED) is 0.806. The summed E-state index contributed by atoms with van der Waals surface area (Å²) in [6.07, 6.45) is 3.16. The van der Waals surface area contributed by atoms with Crippen molar-refractivity contribution < 1.29 is 9.59 Å². The molecule has 0 bridgehead atoms. The standard InChI is InChI=1S/C13H20N2O2S/c1-4-6-7-12(16)14-15-13(17)11-8-9(3)10(5-2)18-11/h8H,4-7H2,1-3H3,(H,14,16)(H,15,17). The number of hydrogen-bond donors (Lipinski definition) is 2. The van der Waals surface area contributed by atoms with Gasteiger partial charge in [-0.2, -0.15) is 0 Å². The first-order valence-electron chi connectivity index (χ1n) is 6.27. The zero-order valence-corrected chi connectivity index (χ0v) is 11.9. The van der Waals surface area contributed by atoms with Gasteiger partial charge in [-0.05, 0) is 31.4 Å². The number of aryl methyl sites for hydroxylation is 2. The molecule has 0 radical (unpaired) electrons. The van der Waals surface area contributed by atoms with Crippen LogP contribution in [-0.4, -0.2) is 11.8 Å². The third kappa shape index (κ3) is 4.14. The number of carbonyl (C=O) groups excluding carboxylic acids is 2. The Morgan fingerprint density at radius 1 is 1.28 bits per heavy atom. The SMILES string of the molecule is CCCCC(=O)NNC(=O)c1cc(C)c(CC)s1. The molecule has 4 nitrogen and oxygen atoms in total. The highest BCUT2D eigenvalue weighted by Crippen LogP contribution is 2.21. The summed E-state index contributed by atoms with van der Waals surface area (Å²) in [6.45, 7) is 6.07. The maximum Gasteiger partial charge on any atom is 0.279 e. The first-order chi connectivity index (χ1) is 8.58. The molecule has 0 aliphatic heterocycles. The molecule has 0 atom stereocenters. The van der Waals surface area contributed by atoms with Crippen LogP contribution < -0.4 is 10.9 Å². The fraction of sp³-hybridized carbons (Fsp3) is 0.538. The summed E-state index contributed by atoms with van der Waals surface area (Å²) >= 11 is 1.47. The third-order valence-electron chi connectivity index (χ3n) is 2.64. The lowest BCUT2D eigenvalue weighted by Crippen LogP contribution is -2.41. The zero-order chi connectivity index (χ0) is 13.5. The second-order valence-corrected chi connectivity index (χ2v) is 5.31. The largest absolute Gasteiger partial charge is 0.279 e. The Kier molecular flexibility index (Phi) is 5.85. The van der Waals surface area contributed by atoms with Crippen LogP contribution in [0.3, 0.4) is 0 Å². The van der Waals surface area contributed by atoms with Gasteiger partial charge in [-0.3, -0.25) is 20.4 Å². The van der Waals surface area contributed by atoms with E-state index >= 15 is 0 Å². The summed E-state index contributed by atoms with van der Waals surface area (Å²) in [7, 11) is 0. The van der Waals surface area contributed by atoms with E-state index in [-0.39, 0.29) is 11.8 Å². The molecule has 0 aliphatic rings. The van der Waals surface area contributed by atoms with Gasteiger partial charge in [0.15, 0.2) is 0 Å². The van der Waals surface area contributed by atoms with Gasteiger partial charge in [0.2, 0.25) is 5.91 Å². The Hall–Kier alpha value is -1.36. The van der Waals surface area contributed by atoms with E-state index in [2.05, 4.69) is 17.8 Å². The summed E-state index contributed by atoms with van der Waals surface area (Å²) in [5.41, 5.74) is 6.00. The average Bonchev–Trinajstić information content (AvgIpc) is 2.74. The number of unbranched alkanes of at least 4 members (excludes halogenated alkanes) is 1. The van der Waals surface area contributed by atoms with Crippen LogP contribution in [0.4, 0.5) is 0 Å². The summed E-state index contributed by atoms with van der Waals surface area (Å²) < 4.78 is 0. The highest BCUT2D eigenvalue weighted by atomic mass is 32.1. The number of nitrogens with one attached hydrogen (secondary N) is 2. The van der Waals surface area contributed by atoms with E-state index < -0.39 is 0 Å². The lowest BCUT2D eigenvalue weighted by Gasteiger charge is -2.05. The summed E-state index contributed by atoms with van der Waals surface area (Å²) in [6, 6.07) is 1.86. The van der Waals surface area contributed by atoms with Crippen LogP contribution in [0.5, 0.6) is 0 Å². The lowest BCUT2D eigenvalue weighted by atomic mass is 10.2. The minimum Gasteiger partial charge on any atom is -0.273 e. The van der Waals surface area contributed by atoms with Gasteiger partial charge in [-0.1, -0.05) is 20.3 Å². The van der Waals surface area contributed by atoms with E-state index in [4.69, 9.17) is 0 Å². The van der Waals surface area contributed by atoms with Crippen molar-refractivity contribution in [1.29, 1.82) is 0 Å². The van der Waals surface area contributed by atoms with Crippen LogP contribution in [0.2, 0.25) is 0 Å². The molecule has 0 unspecified atom stereocenters. The number of rotatable bonds is 5. The van der Waals surface area contributed by atoms with Crippen molar-refractivity contribution in [2.45, 2.75) is 46.5 Å². The van der Waals surface area contributed by atoms with Crippen LogP contribution in [-0.2, 0) is 11.2 Å². The Labute approximate surface area is 112 Å². The number of hydrazine groups is 1. The summed E-state index contributed by atoms with van der Waals surface area (Å²) in [5.74, 6) is -0.387. The Morgan fingerprint density at radius 3 is 2.56 bits per heavy atom. The van der Waals surface area contributed by atoms with Crippen molar-refractivity contribution in [2.24, 2.45) is 0 Å². The fourth-order valence-electron chi connectivity index (χ4n) is 1.57. The molecule has 2 N–H and O–H groups in total. The maximum atomic E-state index is 11.8. The molecule has 0 saturated carbocycles. The molecule has 0 fully saturated rings. The molecule has 1 rings (SSSR count). The normalized spacial score (nSPS) is 10.2. The fourth-order valence-corrected chi connectivity index (χ4v) is 2.58. The van der Waals surface area contributed by atoms with Crippen molar-refractivity contribution in [3.8, 4) is 0 Å². The Bertz CT molecular complexity index is 427. The summed E-state index contributed by atoms with van der Waals surface area (Å²) in [4.78, 5) is 25.0. The molecule has 1 aromatic rings. The molecule has 18 heavy (non-hydrogen) atoms. The predicted octanol–water partition coefficient (Wildman–Crippen LogP) is 2.57. The molecule has 1 heterocycles. The predicted molar refractivity (Wildman–Crippen MR) is 73.6 cm³/mol. The minimum atomic E-state index is -0.243. The average molecular weight is 268 g/mol. The molecule has 0 aliphatic carbocycles. The molecule has 0 aromatic carbocycles. The van der Waals surface area contributed by atoms with E-state index in [1.165, 1.54) is 16.2 Å². The molecular weight excluding hydrogens is 248 g/mol. The van der Waals surface area contributed by atoms with E-state index in [0.29, 0.717) is 11.3 Å². The van der Waals surface area contributed by atoms with Gasteiger partial charge in [-0.25, -0.2) is 0 Å². The van der Waals surface area contributed by atoms with Gasteiger partial charge in [0.25, 0.3) is 5.91 Å². The number of hydrogen-bond acceptors (Lipinski definition) is 3. The van der Waals surface area contributed by atoms with Crippen LogP contribution in [0, 0.1) is 6.92 Å². The van der Waals surface area contributed by atoms with Crippen molar-refractivity contribution >= 4 is 23.2 Å². The Morgan fingerprint density at radius 2 is 2.00 bits per heavy atom. The highest BCUT2D eigenvalue weighted by Gasteiger charge is 2.12. The van der Waals surface area contributed by atoms with Crippen LogP contribution >= 0.6 is 11.3 Å². The van der Waals surface area contributed by atoms with Gasteiger partial charge in [0, 0.05) is 11.3 Å². The first-order valence-corrected chi connectivity index (χ1v) is 7.08. The van der Waals surface area contributed by atoms with E-state index in [0.717, 1.165) is 24.8 Å². The van der Waals surface area contributed by atoms with Gasteiger partial charge < -0.3 is 0 Å². The lowest BCUT2D eigenvalue weighted by molar-refractivity contribution is -0.121. The monoisotopic (exact) mass is 268 g/mol. The highest BCUT2D eigenvalue weighted by molar-refractivity contribution is 7.14. The Balaban J connectivity index is 2.47. The van der Waals surface area contributed by atoms with Crippen LogP contribution in [0.25, 0.3) is 0 Å². The number of thiophene rings is 1. The molecule has 0 saturated heterocycles. The number of amides is 2. The molecule has 1 aromatic heterocycles. The van der Waals surface area contributed by atoms with Crippen molar-refractivity contribution in [2.75, 3.05) is 0 Å². The molecule has 0 spiro atoms. The van der Waals surface area contributed by atoms with E-state index in [9.17, 15) is 9.59 Å². The minimum absolute atomic E-state index is 0.144. The van der Waals surface area contributed by atoms with Crippen molar-refractivity contribution in [1.82, 2.24) is 10.9 Å². The zero-order valence-electron chi connectivity index (χ0n) is 11.1. The van der Waals surface area contributed by atoms with Gasteiger partial charge >= 0.3 is 0 Å². The van der Waals surface area contributed by atoms with Crippen molar-refractivity contribution in [3.63, 3.8) is 0 Å². The molecular formula is C13H20N2O2S. The number of carbonyl (C=O) groups is 2. The van der Waals surface area contributed by atoms with Crippen LogP contribution in [0.1, 0.15) is 53.2 Å². The maximum absolute atomic E-state index is 11.8. The second-order valence-electron chi connectivity index (χ2n) is 4.18. The van der Waals surface area contributed by atoms with Gasteiger partial charge in [0.1, 0.15) is 0 Å². The summed E-state index contributed by atoms with van der Waals surface area (Å²) in [5, 5.41) is 0. The smallest absolute Gasteiger partial charge is 0.273 e. The topological polar surface area (TPSA) is 58.2 Å². The first kappa shape index (κ1) is 14.7. The van der Waals surface area contributed by atoms with E-state index in [1.807, 2.05) is 19.9 Å².